The lowest BCUT2D eigenvalue weighted by atomic mass is 10.1. The summed E-state index contributed by atoms with van der Waals surface area (Å²) >= 11 is 3.17. The Morgan fingerprint density at radius 3 is 2.76 bits per heavy atom. The van der Waals surface area contributed by atoms with Gasteiger partial charge in [0, 0.05) is 17.3 Å². The molecule has 1 atom stereocenters. The molecule has 1 aliphatic heterocycles. The van der Waals surface area contributed by atoms with Crippen molar-refractivity contribution in [1.82, 2.24) is 5.32 Å². The Bertz CT molecular complexity index is 549. The number of alkyl halides is 3. The quantitative estimate of drug-likeness (QED) is 0.839. The second-order valence-corrected chi connectivity index (χ2v) is 5.50. The van der Waals surface area contributed by atoms with Crippen LogP contribution in [0.1, 0.15) is 24.9 Å². The molecule has 116 valence electrons. The molecule has 0 aromatic heterocycles. The Balaban J connectivity index is 2.20. The van der Waals surface area contributed by atoms with Crippen LogP contribution in [-0.4, -0.2) is 25.2 Å². The fraction of sp³-hybridized carbons (Fsp3) is 0.462. The van der Waals surface area contributed by atoms with Crippen LogP contribution in [0, 0.1) is 0 Å². The van der Waals surface area contributed by atoms with Gasteiger partial charge in [0.05, 0.1) is 4.47 Å². The molecule has 0 spiro atoms. The Kier molecular flexibility index (Phi) is 4.77. The highest BCUT2D eigenvalue weighted by atomic mass is 79.9. The van der Waals surface area contributed by atoms with E-state index in [1.54, 1.807) is 6.07 Å². The number of carbonyl (C=O) groups excluding carboxylic acids is 1. The Labute approximate surface area is 128 Å². The maximum absolute atomic E-state index is 12.2. The van der Waals surface area contributed by atoms with Gasteiger partial charge in [0.1, 0.15) is 11.8 Å². The van der Waals surface area contributed by atoms with Gasteiger partial charge in [0.25, 0.3) is 0 Å². The van der Waals surface area contributed by atoms with Gasteiger partial charge >= 0.3 is 6.18 Å². The van der Waals surface area contributed by atoms with Gasteiger partial charge in [-0.05, 0) is 35.0 Å². The normalized spacial score (nSPS) is 17.6. The third kappa shape index (κ3) is 3.88. The number of hydrogen-bond acceptors (Lipinski definition) is 3. The number of rotatable bonds is 5. The summed E-state index contributed by atoms with van der Waals surface area (Å²) in [7, 11) is 0. The number of benzene rings is 1. The van der Waals surface area contributed by atoms with Crippen LogP contribution in [0.4, 0.5) is 18.9 Å². The van der Waals surface area contributed by atoms with Crippen LogP contribution in [0.2, 0.25) is 0 Å². The molecule has 8 heteroatoms. The van der Waals surface area contributed by atoms with E-state index in [0.29, 0.717) is 22.3 Å². The van der Waals surface area contributed by atoms with Gasteiger partial charge in [0.15, 0.2) is 6.61 Å². The second-order valence-electron chi connectivity index (χ2n) is 4.65. The highest BCUT2D eigenvalue weighted by Crippen LogP contribution is 2.39. The molecule has 2 rings (SSSR count). The van der Waals surface area contributed by atoms with Crippen LogP contribution in [0.3, 0.4) is 0 Å². The fourth-order valence-corrected chi connectivity index (χ4v) is 2.50. The van der Waals surface area contributed by atoms with Gasteiger partial charge in [0.2, 0.25) is 5.91 Å². The van der Waals surface area contributed by atoms with E-state index < -0.39 is 18.8 Å². The number of hydrogen-bond donors (Lipinski definition) is 2. The third-order valence-corrected chi connectivity index (χ3v) is 3.54. The lowest BCUT2D eigenvalue weighted by Gasteiger charge is -2.14. The summed E-state index contributed by atoms with van der Waals surface area (Å²) in [5.74, 6) is -0.180. The van der Waals surface area contributed by atoms with Crippen LogP contribution in [0.5, 0.6) is 5.75 Å². The third-order valence-electron chi connectivity index (χ3n) is 2.92. The van der Waals surface area contributed by atoms with Crippen molar-refractivity contribution in [3.8, 4) is 5.75 Å². The first-order chi connectivity index (χ1) is 9.81. The molecule has 1 unspecified atom stereocenters. The van der Waals surface area contributed by atoms with Crippen LogP contribution >= 0.6 is 15.9 Å². The zero-order chi connectivity index (χ0) is 15.6. The molecule has 1 aromatic rings. The van der Waals surface area contributed by atoms with Crippen LogP contribution < -0.4 is 15.4 Å². The minimum Gasteiger partial charge on any atom is -0.483 e. The van der Waals surface area contributed by atoms with Crippen molar-refractivity contribution < 1.29 is 22.7 Å². The first-order valence-corrected chi connectivity index (χ1v) is 7.18. The standard InChI is InChI=1S/C13H14BrF3N2O2/c1-2-3-18-11-7-4-8(14)10(21-6-13(15,16)17)5-9(7)19-12(11)20/h4-5,11,18H,2-3,6H2,1H3,(H,19,20). The van der Waals surface area contributed by atoms with Crippen molar-refractivity contribution in [3.63, 3.8) is 0 Å². The summed E-state index contributed by atoms with van der Waals surface area (Å²) in [6.07, 6.45) is -3.54. The average molecular weight is 367 g/mol. The maximum atomic E-state index is 12.2. The number of nitrogens with one attached hydrogen (secondary N) is 2. The zero-order valence-electron chi connectivity index (χ0n) is 11.2. The van der Waals surface area contributed by atoms with Crippen molar-refractivity contribution in [1.29, 1.82) is 0 Å². The van der Waals surface area contributed by atoms with Crippen molar-refractivity contribution in [2.24, 2.45) is 0 Å². The van der Waals surface area contributed by atoms with E-state index >= 15 is 0 Å². The van der Waals surface area contributed by atoms with Crippen molar-refractivity contribution >= 4 is 27.5 Å². The first-order valence-electron chi connectivity index (χ1n) is 6.39. The molecule has 2 N–H and O–H groups in total. The molecule has 0 fully saturated rings. The van der Waals surface area contributed by atoms with Crippen molar-refractivity contribution in [2.45, 2.75) is 25.6 Å². The van der Waals surface area contributed by atoms with E-state index in [-0.39, 0.29) is 11.7 Å². The zero-order valence-corrected chi connectivity index (χ0v) is 12.8. The van der Waals surface area contributed by atoms with Gasteiger partial charge in [-0.2, -0.15) is 13.2 Å². The predicted octanol–water partition coefficient (Wildman–Crippen LogP) is 3.38. The lowest BCUT2D eigenvalue weighted by Crippen LogP contribution is -2.28. The molecule has 0 saturated heterocycles. The van der Waals surface area contributed by atoms with Gasteiger partial charge in [-0.3, -0.25) is 4.79 Å². The summed E-state index contributed by atoms with van der Waals surface area (Å²) in [4.78, 5) is 11.9. The molecule has 1 aliphatic rings. The number of halogens is 4. The molecule has 1 amide bonds. The number of fused-ring (bicyclic) bond motifs is 1. The van der Waals surface area contributed by atoms with Crippen LogP contribution in [0.25, 0.3) is 0 Å². The number of amides is 1. The molecule has 1 aromatic carbocycles. The van der Waals surface area contributed by atoms with Gasteiger partial charge < -0.3 is 15.4 Å². The molecule has 0 aliphatic carbocycles. The Hall–Kier alpha value is -1.28. The smallest absolute Gasteiger partial charge is 0.422 e. The van der Waals surface area contributed by atoms with E-state index in [1.807, 2.05) is 6.92 Å². The second kappa shape index (κ2) is 6.23. The number of carbonyl (C=O) groups is 1. The van der Waals surface area contributed by atoms with E-state index in [9.17, 15) is 18.0 Å². The SMILES string of the molecule is CCCNC1C(=O)Nc2cc(OCC(F)(F)F)c(Br)cc21. The lowest BCUT2D eigenvalue weighted by molar-refractivity contribution is -0.153. The summed E-state index contributed by atoms with van der Waals surface area (Å²) < 4.78 is 41.7. The van der Waals surface area contributed by atoms with E-state index in [1.165, 1.54) is 6.07 Å². The van der Waals surface area contributed by atoms with Crippen LogP contribution in [0.15, 0.2) is 16.6 Å². The van der Waals surface area contributed by atoms with Gasteiger partial charge in [-0.15, -0.1) is 0 Å². The molecular weight excluding hydrogens is 353 g/mol. The molecule has 0 bridgehead atoms. The van der Waals surface area contributed by atoms with E-state index in [4.69, 9.17) is 4.74 Å². The molecule has 21 heavy (non-hydrogen) atoms. The molecule has 1 heterocycles. The Morgan fingerprint density at radius 1 is 1.43 bits per heavy atom. The maximum Gasteiger partial charge on any atom is 0.422 e. The molecule has 4 nitrogen and oxygen atoms in total. The van der Waals surface area contributed by atoms with E-state index in [0.717, 1.165) is 6.42 Å². The topological polar surface area (TPSA) is 50.4 Å². The van der Waals surface area contributed by atoms with Crippen LogP contribution in [-0.2, 0) is 4.79 Å². The highest BCUT2D eigenvalue weighted by molar-refractivity contribution is 9.10. The summed E-state index contributed by atoms with van der Waals surface area (Å²) in [6.45, 7) is 1.27. The average Bonchev–Trinajstić information content (AvgIpc) is 2.68. The number of ether oxygens (including phenoxy) is 1. The Morgan fingerprint density at radius 2 is 2.14 bits per heavy atom. The summed E-state index contributed by atoms with van der Waals surface area (Å²) in [6, 6.07) is 2.51. The minimum atomic E-state index is -4.41. The van der Waals surface area contributed by atoms with Crippen molar-refractivity contribution in [3.05, 3.63) is 22.2 Å². The van der Waals surface area contributed by atoms with Gasteiger partial charge in [-0.25, -0.2) is 0 Å². The van der Waals surface area contributed by atoms with Crippen molar-refractivity contribution in [2.75, 3.05) is 18.5 Å². The monoisotopic (exact) mass is 366 g/mol. The predicted molar refractivity (Wildman–Crippen MR) is 75.4 cm³/mol. The first kappa shape index (κ1) is 16.1. The fourth-order valence-electron chi connectivity index (χ4n) is 2.02. The minimum absolute atomic E-state index is 0.0440. The highest BCUT2D eigenvalue weighted by Gasteiger charge is 2.32. The summed E-state index contributed by atoms with van der Waals surface area (Å²) in [5.41, 5.74) is 1.16. The number of anilines is 1. The van der Waals surface area contributed by atoms with E-state index in [2.05, 4.69) is 26.6 Å². The molecular formula is C13H14BrF3N2O2. The molecule has 0 saturated carbocycles. The van der Waals surface area contributed by atoms with Gasteiger partial charge in [-0.1, -0.05) is 6.92 Å². The largest absolute Gasteiger partial charge is 0.483 e. The summed E-state index contributed by atoms with van der Waals surface area (Å²) in [5, 5.41) is 5.72. The molecule has 0 radical (unpaired) electrons.